The van der Waals surface area contributed by atoms with Gasteiger partial charge in [0, 0.05) is 4.47 Å². The van der Waals surface area contributed by atoms with Crippen molar-refractivity contribution < 1.29 is 28.2 Å². The molecular weight excluding hydrogens is 385 g/mol. The van der Waals surface area contributed by atoms with Crippen molar-refractivity contribution >= 4 is 33.8 Å². The number of nitrogens with one attached hydrogen (secondary N) is 1. The molecule has 0 heterocycles. The molecule has 1 atom stereocenters. The van der Waals surface area contributed by atoms with Crippen LogP contribution in [-0.4, -0.2) is 37.6 Å². The van der Waals surface area contributed by atoms with Gasteiger partial charge in [0.25, 0.3) is 5.91 Å². The lowest BCUT2D eigenvalue weighted by molar-refractivity contribution is -0.145. The summed E-state index contributed by atoms with van der Waals surface area (Å²) in [6.45, 7) is 3.15. The predicted octanol–water partition coefficient (Wildman–Crippen LogP) is 2.45. The van der Waals surface area contributed by atoms with Gasteiger partial charge in [-0.15, -0.1) is 0 Å². The molecule has 8 heteroatoms. The molecule has 0 unspecified atom stereocenters. The fourth-order valence-corrected chi connectivity index (χ4v) is 2.26. The van der Waals surface area contributed by atoms with Crippen LogP contribution in [0.3, 0.4) is 0 Å². The lowest BCUT2D eigenvalue weighted by Gasteiger charge is -2.18. The second-order valence-electron chi connectivity index (χ2n) is 5.47. The van der Waals surface area contributed by atoms with Gasteiger partial charge in [0.2, 0.25) is 0 Å². The van der Waals surface area contributed by atoms with Crippen molar-refractivity contribution in [2.45, 2.75) is 26.3 Å². The van der Waals surface area contributed by atoms with Gasteiger partial charge in [0.15, 0.2) is 6.61 Å². The highest BCUT2D eigenvalue weighted by Crippen LogP contribution is 2.16. The van der Waals surface area contributed by atoms with E-state index in [2.05, 4.69) is 26.0 Å². The first kappa shape index (κ1) is 20.1. The fourth-order valence-electron chi connectivity index (χ4n) is 1.93. The molecule has 0 aliphatic heterocycles. The van der Waals surface area contributed by atoms with Crippen LogP contribution in [0.25, 0.3) is 0 Å². The number of hydrogen-bond donors (Lipinski definition) is 1. The lowest BCUT2D eigenvalue weighted by atomic mass is 10.0. The van der Waals surface area contributed by atoms with Gasteiger partial charge >= 0.3 is 11.9 Å². The molecule has 0 saturated carbocycles. The van der Waals surface area contributed by atoms with Crippen molar-refractivity contribution in [1.29, 1.82) is 0 Å². The van der Waals surface area contributed by atoms with Gasteiger partial charge in [-0.2, -0.15) is 0 Å². The third-order valence-electron chi connectivity index (χ3n) is 3.01. The van der Waals surface area contributed by atoms with E-state index < -0.39 is 36.3 Å². The molecule has 0 fully saturated rings. The van der Waals surface area contributed by atoms with E-state index in [0.29, 0.717) is 10.9 Å². The van der Waals surface area contributed by atoms with Crippen LogP contribution in [0.2, 0.25) is 0 Å². The number of halogens is 2. The van der Waals surface area contributed by atoms with Crippen molar-refractivity contribution in [3.8, 4) is 0 Å². The predicted molar refractivity (Wildman–Crippen MR) is 87.8 cm³/mol. The third-order valence-corrected chi connectivity index (χ3v) is 3.51. The van der Waals surface area contributed by atoms with Crippen LogP contribution in [0.4, 0.5) is 4.39 Å². The van der Waals surface area contributed by atoms with Crippen molar-refractivity contribution in [3.05, 3.63) is 34.1 Å². The highest BCUT2D eigenvalue weighted by Gasteiger charge is 2.23. The Bertz CT molecular complexity index is 620. The summed E-state index contributed by atoms with van der Waals surface area (Å²) in [6, 6.07) is 3.02. The molecule has 132 valence electrons. The van der Waals surface area contributed by atoms with E-state index in [1.165, 1.54) is 19.2 Å². The molecule has 1 N–H and O–H groups in total. The second-order valence-corrected chi connectivity index (χ2v) is 6.39. The Kier molecular flexibility index (Phi) is 7.84. The molecule has 24 heavy (non-hydrogen) atoms. The fraction of sp³-hybridized carbons (Fsp3) is 0.438. The first-order chi connectivity index (χ1) is 11.2. The standard InChI is InChI=1S/C16H19BrFNO5/c1-9(2)6-13(16(22)23-3)19-14(20)8-24-15(21)11-5-4-10(17)7-12(11)18/h4-5,7,9,13H,6,8H2,1-3H3,(H,19,20)/t13-/m0/s1. The molecule has 0 aliphatic carbocycles. The number of carbonyl (C=O) groups excluding carboxylic acids is 3. The van der Waals surface area contributed by atoms with E-state index >= 15 is 0 Å². The van der Waals surface area contributed by atoms with Crippen LogP contribution in [0.15, 0.2) is 22.7 Å². The Labute approximate surface area is 147 Å². The number of esters is 2. The zero-order valence-electron chi connectivity index (χ0n) is 13.6. The molecule has 1 amide bonds. The van der Waals surface area contributed by atoms with Gasteiger partial charge in [-0.1, -0.05) is 29.8 Å². The quantitative estimate of drug-likeness (QED) is 0.707. The molecule has 1 aromatic rings. The van der Waals surface area contributed by atoms with Crippen molar-refractivity contribution in [2.75, 3.05) is 13.7 Å². The monoisotopic (exact) mass is 403 g/mol. The highest BCUT2D eigenvalue weighted by molar-refractivity contribution is 9.10. The first-order valence-electron chi connectivity index (χ1n) is 7.24. The smallest absolute Gasteiger partial charge is 0.341 e. The molecule has 0 radical (unpaired) electrons. The summed E-state index contributed by atoms with van der Waals surface area (Å²) in [5, 5.41) is 2.44. The summed E-state index contributed by atoms with van der Waals surface area (Å²) in [4.78, 5) is 35.2. The Balaban J connectivity index is 2.60. The molecule has 1 aromatic carbocycles. The van der Waals surface area contributed by atoms with Gasteiger partial charge in [0.1, 0.15) is 11.9 Å². The summed E-state index contributed by atoms with van der Waals surface area (Å²) in [7, 11) is 1.22. The molecule has 0 bridgehead atoms. The van der Waals surface area contributed by atoms with E-state index in [-0.39, 0.29) is 11.5 Å². The number of benzene rings is 1. The molecule has 1 rings (SSSR count). The molecule has 0 aliphatic rings. The molecule has 0 saturated heterocycles. The maximum Gasteiger partial charge on any atom is 0.341 e. The van der Waals surface area contributed by atoms with Crippen LogP contribution in [-0.2, 0) is 19.1 Å². The molecule has 6 nitrogen and oxygen atoms in total. The van der Waals surface area contributed by atoms with Crippen molar-refractivity contribution in [3.63, 3.8) is 0 Å². The van der Waals surface area contributed by atoms with Crippen LogP contribution >= 0.6 is 15.9 Å². The van der Waals surface area contributed by atoms with Crippen LogP contribution in [0, 0.1) is 11.7 Å². The van der Waals surface area contributed by atoms with Gasteiger partial charge in [-0.25, -0.2) is 14.0 Å². The number of amides is 1. The van der Waals surface area contributed by atoms with E-state index in [1.807, 2.05) is 13.8 Å². The summed E-state index contributed by atoms with van der Waals surface area (Å²) >= 11 is 3.07. The Morgan fingerprint density at radius 1 is 1.29 bits per heavy atom. The maximum absolute atomic E-state index is 13.6. The zero-order chi connectivity index (χ0) is 18.3. The first-order valence-corrected chi connectivity index (χ1v) is 8.03. The number of carbonyl (C=O) groups is 3. The number of methoxy groups -OCH3 is 1. The average Bonchev–Trinajstić information content (AvgIpc) is 2.50. The summed E-state index contributed by atoms with van der Waals surface area (Å²) < 4.78 is 23.5. The molecule has 0 spiro atoms. The SMILES string of the molecule is COC(=O)[C@H](CC(C)C)NC(=O)COC(=O)c1ccc(Br)cc1F. The van der Waals surface area contributed by atoms with Crippen molar-refractivity contribution in [1.82, 2.24) is 5.32 Å². The number of hydrogen-bond acceptors (Lipinski definition) is 5. The average molecular weight is 404 g/mol. The van der Waals surface area contributed by atoms with Gasteiger partial charge in [-0.3, -0.25) is 4.79 Å². The largest absolute Gasteiger partial charge is 0.467 e. The minimum atomic E-state index is -0.964. The minimum absolute atomic E-state index is 0.147. The summed E-state index contributed by atoms with van der Waals surface area (Å²) in [5.74, 6) is -2.83. The highest BCUT2D eigenvalue weighted by atomic mass is 79.9. The Morgan fingerprint density at radius 2 is 1.96 bits per heavy atom. The van der Waals surface area contributed by atoms with Crippen LogP contribution in [0.1, 0.15) is 30.6 Å². The van der Waals surface area contributed by atoms with Crippen molar-refractivity contribution in [2.24, 2.45) is 5.92 Å². The van der Waals surface area contributed by atoms with E-state index in [9.17, 15) is 18.8 Å². The lowest BCUT2D eigenvalue weighted by Crippen LogP contribution is -2.44. The number of rotatable bonds is 7. The van der Waals surface area contributed by atoms with Crippen LogP contribution in [0.5, 0.6) is 0 Å². The van der Waals surface area contributed by atoms with Crippen LogP contribution < -0.4 is 5.32 Å². The summed E-state index contributed by atoms with van der Waals surface area (Å²) in [6.07, 6.45) is 0.383. The van der Waals surface area contributed by atoms with Gasteiger partial charge in [0.05, 0.1) is 12.7 Å². The second kappa shape index (κ2) is 9.36. The summed E-state index contributed by atoms with van der Waals surface area (Å²) in [5.41, 5.74) is -0.280. The normalized spacial score (nSPS) is 11.8. The van der Waals surface area contributed by atoms with E-state index in [4.69, 9.17) is 4.74 Å². The van der Waals surface area contributed by atoms with Gasteiger partial charge < -0.3 is 14.8 Å². The van der Waals surface area contributed by atoms with Gasteiger partial charge in [-0.05, 0) is 30.5 Å². The van der Waals surface area contributed by atoms with E-state index in [1.54, 1.807) is 0 Å². The maximum atomic E-state index is 13.6. The topological polar surface area (TPSA) is 81.7 Å². The number of ether oxygens (including phenoxy) is 2. The Hall–Kier alpha value is -1.96. The molecular formula is C16H19BrFNO5. The third kappa shape index (κ3) is 6.27. The zero-order valence-corrected chi connectivity index (χ0v) is 15.2. The Morgan fingerprint density at radius 3 is 2.50 bits per heavy atom. The minimum Gasteiger partial charge on any atom is -0.467 e. The van der Waals surface area contributed by atoms with E-state index in [0.717, 1.165) is 6.07 Å². The molecule has 0 aromatic heterocycles.